The van der Waals surface area contributed by atoms with Crippen molar-refractivity contribution >= 4 is 5.91 Å². The van der Waals surface area contributed by atoms with Crippen molar-refractivity contribution in [2.24, 2.45) is 0 Å². The number of carbonyl (C=O) groups excluding carboxylic acids is 1. The van der Waals surface area contributed by atoms with Crippen molar-refractivity contribution in [2.45, 2.75) is 37.3 Å². The molecular weight excluding hydrogens is 282 g/mol. The number of nitrogens with one attached hydrogen (secondary N) is 2. The van der Waals surface area contributed by atoms with Crippen LogP contribution in [-0.2, 0) is 9.53 Å². The van der Waals surface area contributed by atoms with Crippen LogP contribution in [0, 0.1) is 6.92 Å². The van der Waals surface area contributed by atoms with Crippen molar-refractivity contribution in [1.82, 2.24) is 14.9 Å². The second-order valence-electron chi connectivity index (χ2n) is 5.42. The van der Waals surface area contributed by atoms with Crippen molar-refractivity contribution in [3.63, 3.8) is 0 Å². The van der Waals surface area contributed by atoms with Crippen LogP contribution >= 0.6 is 0 Å². The molecule has 0 spiro atoms. The Morgan fingerprint density at radius 2 is 2.19 bits per heavy atom. The van der Waals surface area contributed by atoms with Crippen LogP contribution < -0.4 is 16.6 Å². The minimum Gasteiger partial charge on any atom is -0.393 e. The molecule has 3 rings (SSSR count). The molecule has 9 nitrogen and oxygen atoms in total. The Bertz CT molecular complexity index is 710. The summed E-state index contributed by atoms with van der Waals surface area (Å²) in [4.78, 5) is 37.1. The third-order valence-corrected chi connectivity index (χ3v) is 4.02. The number of hydrogen-bond donors (Lipinski definition) is 4. The van der Waals surface area contributed by atoms with Crippen LogP contribution in [0.4, 0.5) is 0 Å². The first kappa shape index (κ1) is 14.0. The van der Waals surface area contributed by atoms with Crippen LogP contribution in [0.25, 0.3) is 0 Å². The largest absolute Gasteiger partial charge is 0.393 e. The van der Waals surface area contributed by atoms with E-state index in [1.54, 1.807) is 0 Å². The lowest BCUT2D eigenvalue weighted by Crippen LogP contribution is -2.59. The first-order valence-electron chi connectivity index (χ1n) is 6.46. The van der Waals surface area contributed by atoms with Crippen molar-refractivity contribution in [1.29, 1.82) is 0 Å². The van der Waals surface area contributed by atoms with Gasteiger partial charge in [-0.2, -0.15) is 0 Å². The number of aromatic nitrogens is 2. The Kier molecular flexibility index (Phi) is 3.01. The highest BCUT2D eigenvalue weighted by Crippen LogP contribution is 2.41. The number of rotatable bonds is 2. The number of aliphatic hydroxyl groups is 2. The van der Waals surface area contributed by atoms with Crippen LogP contribution in [0.15, 0.2) is 15.8 Å². The highest BCUT2D eigenvalue weighted by molar-refractivity contribution is 5.79. The Morgan fingerprint density at radius 3 is 2.86 bits per heavy atom. The first-order valence-corrected chi connectivity index (χ1v) is 6.46. The molecule has 2 saturated heterocycles. The minimum atomic E-state index is -1.43. The Hall–Kier alpha value is -1.97. The van der Waals surface area contributed by atoms with Crippen LogP contribution in [0.5, 0.6) is 0 Å². The Labute approximate surface area is 118 Å². The average Bonchev–Trinajstić information content (AvgIpc) is 2.60. The summed E-state index contributed by atoms with van der Waals surface area (Å²) < 4.78 is 6.73. The standard InChI is InChI=1S/C12H15N3O6/c1-5-3-15(11(20)14-9(5)19)10-7-8(18)12(4-16,21-10)2-6(17)13-7/h3,7-8,10,16,18H,2,4H2,1H3,(H,13,17)(H,14,19,20)/t7-,8+,10-,12-/m1/s1. The monoisotopic (exact) mass is 297 g/mol. The summed E-state index contributed by atoms with van der Waals surface area (Å²) in [5.74, 6) is -0.379. The normalized spacial score (nSPS) is 34.8. The maximum absolute atomic E-state index is 11.9. The fraction of sp³-hybridized carbons (Fsp3) is 0.583. The van der Waals surface area contributed by atoms with Gasteiger partial charge in [-0.05, 0) is 6.92 Å². The maximum atomic E-state index is 11.9. The van der Waals surface area contributed by atoms with E-state index >= 15 is 0 Å². The van der Waals surface area contributed by atoms with Crippen LogP contribution in [0.1, 0.15) is 18.2 Å². The summed E-state index contributed by atoms with van der Waals surface area (Å²) in [5.41, 5.74) is -2.36. The summed E-state index contributed by atoms with van der Waals surface area (Å²) in [6.07, 6.45) is -1.04. The van der Waals surface area contributed by atoms with E-state index in [4.69, 9.17) is 4.74 Å². The van der Waals surface area contributed by atoms with Crippen molar-refractivity contribution < 1.29 is 19.7 Å². The zero-order valence-electron chi connectivity index (χ0n) is 11.2. The molecule has 2 aliphatic rings. The fourth-order valence-electron chi connectivity index (χ4n) is 2.86. The zero-order chi connectivity index (χ0) is 15.4. The second-order valence-corrected chi connectivity index (χ2v) is 5.42. The van der Waals surface area contributed by atoms with Gasteiger partial charge in [0.1, 0.15) is 17.7 Å². The molecule has 114 valence electrons. The molecule has 1 aromatic heterocycles. The highest BCUT2D eigenvalue weighted by atomic mass is 16.6. The van der Waals surface area contributed by atoms with Gasteiger partial charge in [-0.15, -0.1) is 0 Å². The molecule has 2 aliphatic heterocycles. The number of nitrogens with zero attached hydrogens (tertiary/aromatic N) is 1. The highest BCUT2D eigenvalue weighted by Gasteiger charge is 2.59. The number of ether oxygens (including phenoxy) is 1. The average molecular weight is 297 g/mol. The minimum absolute atomic E-state index is 0.200. The molecule has 1 aromatic rings. The molecule has 21 heavy (non-hydrogen) atoms. The smallest absolute Gasteiger partial charge is 0.330 e. The van der Waals surface area contributed by atoms with Gasteiger partial charge in [0.05, 0.1) is 13.0 Å². The predicted molar refractivity (Wildman–Crippen MR) is 68.6 cm³/mol. The lowest BCUT2D eigenvalue weighted by atomic mass is 9.87. The zero-order valence-corrected chi connectivity index (χ0v) is 11.2. The third-order valence-electron chi connectivity index (χ3n) is 4.02. The van der Waals surface area contributed by atoms with Gasteiger partial charge in [-0.25, -0.2) is 4.79 Å². The molecule has 9 heteroatoms. The van der Waals surface area contributed by atoms with E-state index in [1.807, 2.05) is 0 Å². The van der Waals surface area contributed by atoms with Crippen LogP contribution in [0.2, 0.25) is 0 Å². The number of piperidine rings is 1. The van der Waals surface area contributed by atoms with E-state index in [9.17, 15) is 24.6 Å². The van der Waals surface area contributed by atoms with E-state index in [2.05, 4.69) is 10.3 Å². The van der Waals surface area contributed by atoms with Gasteiger partial charge in [0.2, 0.25) is 5.91 Å². The number of carbonyl (C=O) groups is 1. The number of fused-ring (bicyclic) bond motifs is 2. The van der Waals surface area contributed by atoms with Gasteiger partial charge in [-0.3, -0.25) is 19.1 Å². The van der Waals surface area contributed by atoms with E-state index in [-0.39, 0.29) is 12.3 Å². The first-order chi connectivity index (χ1) is 9.88. The molecule has 0 aliphatic carbocycles. The van der Waals surface area contributed by atoms with Crippen molar-refractivity contribution in [2.75, 3.05) is 6.61 Å². The number of hydrogen-bond acceptors (Lipinski definition) is 6. The quantitative estimate of drug-likeness (QED) is 0.471. The summed E-state index contributed by atoms with van der Waals surface area (Å²) in [6, 6.07) is -0.874. The Morgan fingerprint density at radius 1 is 1.48 bits per heavy atom. The van der Waals surface area contributed by atoms with Gasteiger partial charge in [0.15, 0.2) is 6.23 Å². The molecule has 4 atom stereocenters. The topological polar surface area (TPSA) is 134 Å². The SMILES string of the molecule is Cc1cn([C@@H]2O[C@@]3(CO)CC(=O)N[C@@H]2[C@@H]3O)c(=O)[nH]c1=O. The molecule has 2 fully saturated rings. The summed E-state index contributed by atoms with van der Waals surface area (Å²) in [6.45, 7) is 0.971. The van der Waals surface area contributed by atoms with Gasteiger partial charge < -0.3 is 20.3 Å². The lowest BCUT2D eigenvalue weighted by molar-refractivity contribution is -0.149. The number of aryl methyl sites for hydroxylation is 1. The van der Waals surface area contributed by atoms with Gasteiger partial charge in [0.25, 0.3) is 5.56 Å². The van der Waals surface area contributed by atoms with Gasteiger partial charge in [-0.1, -0.05) is 0 Å². The number of aliphatic hydroxyl groups excluding tert-OH is 2. The number of H-pyrrole nitrogens is 1. The molecule has 0 radical (unpaired) electrons. The summed E-state index contributed by atoms with van der Waals surface area (Å²) in [5, 5.41) is 22.3. The molecular formula is C12H15N3O6. The molecule has 1 amide bonds. The molecule has 3 heterocycles. The third kappa shape index (κ3) is 1.93. The van der Waals surface area contributed by atoms with E-state index < -0.39 is 41.8 Å². The number of aromatic amines is 1. The summed E-state index contributed by atoms with van der Waals surface area (Å²) >= 11 is 0. The molecule has 0 aromatic carbocycles. The second kappa shape index (κ2) is 4.52. The van der Waals surface area contributed by atoms with Gasteiger partial charge >= 0.3 is 5.69 Å². The predicted octanol–water partition coefficient (Wildman–Crippen LogP) is -2.65. The van der Waals surface area contributed by atoms with Crippen LogP contribution in [0.3, 0.4) is 0 Å². The molecule has 4 N–H and O–H groups in total. The van der Waals surface area contributed by atoms with E-state index in [0.717, 1.165) is 4.57 Å². The van der Waals surface area contributed by atoms with E-state index in [1.165, 1.54) is 13.1 Å². The van der Waals surface area contributed by atoms with Crippen LogP contribution in [-0.4, -0.2) is 50.0 Å². The fourth-order valence-corrected chi connectivity index (χ4v) is 2.86. The van der Waals surface area contributed by atoms with Crippen molar-refractivity contribution in [3.05, 3.63) is 32.6 Å². The van der Waals surface area contributed by atoms with Crippen molar-refractivity contribution in [3.8, 4) is 0 Å². The molecule has 0 unspecified atom stereocenters. The van der Waals surface area contributed by atoms with Gasteiger partial charge in [0, 0.05) is 11.8 Å². The molecule has 0 saturated carbocycles. The molecule has 2 bridgehead atoms. The Balaban J connectivity index is 2.09. The summed E-state index contributed by atoms with van der Waals surface area (Å²) in [7, 11) is 0. The maximum Gasteiger partial charge on any atom is 0.330 e. The number of amides is 1. The lowest BCUT2D eigenvalue weighted by Gasteiger charge is -2.33. The van der Waals surface area contributed by atoms with E-state index in [0.29, 0.717) is 5.56 Å².